The summed E-state index contributed by atoms with van der Waals surface area (Å²) in [6.45, 7) is 5.60. The number of ether oxygens (including phenoxy) is 1. The summed E-state index contributed by atoms with van der Waals surface area (Å²) < 4.78 is 7.13. The fourth-order valence-electron chi connectivity index (χ4n) is 1.57. The third-order valence-electron chi connectivity index (χ3n) is 2.51. The van der Waals surface area contributed by atoms with Crippen LogP contribution >= 0.6 is 11.6 Å². The highest BCUT2D eigenvalue weighted by molar-refractivity contribution is 6.28. The summed E-state index contributed by atoms with van der Waals surface area (Å²) in [6.07, 6.45) is 3.30. The molecule has 0 fully saturated rings. The standard InChI is InChI=1S/C11H15ClN6O/c1-4-18(5-2)10-14-9(12)15-11(16-10)19-8-6-13-17(3)7-8/h6-7H,4-5H2,1-3H3. The molecule has 0 aliphatic carbocycles. The van der Waals surface area contributed by atoms with Crippen LogP contribution in [0.5, 0.6) is 11.8 Å². The predicted molar refractivity (Wildman–Crippen MR) is 71.7 cm³/mol. The van der Waals surface area contributed by atoms with Crippen molar-refractivity contribution in [1.82, 2.24) is 24.7 Å². The zero-order valence-electron chi connectivity index (χ0n) is 11.0. The molecular weight excluding hydrogens is 268 g/mol. The highest BCUT2D eigenvalue weighted by Crippen LogP contribution is 2.20. The number of anilines is 1. The number of hydrogen-bond acceptors (Lipinski definition) is 6. The Balaban J connectivity index is 2.25. The molecular formula is C11H15ClN6O. The lowest BCUT2D eigenvalue weighted by Gasteiger charge is -2.18. The molecule has 7 nitrogen and oxygen atoms in total. The van der Waals surface area contributed by atoms with Crippen LogP contribution in [0.15, 0.2) is 12.4 Å². The molecule has 2 heterocycles. The maximum atomic E-state index is 5.89. The first-order valence-corrected chi connectivity index (χ1v) is 6.33. The lowest BCUT2D eigenvalue weighted by molar-refractivity contribution is 0.438. The first-order chi connectivity index (χ1) is 9.12. The average molecular weight is 283 g/mol. The fraction of sp³-hybridized carbons (Fsp3) is 0.455. The minimum Gasteiger partial charge on any atom is -0.421 e. The van der Waals surface area contributed by atoms with E-state index in [0.29, 0.717) is 11.7 Å². The maximum absolute atomic E-state index is 5.89. The summed E-state index contributed by atoms with van der Waals surface area (Å²) in [5, 5.41) is 4.11. The average Bonchev–Trinajstić information content (AvgIpc) is 2.75. The highest BCUT2D eigenvalue weighted by atomic mass is 35.5. The quantitative estimate of drug-likeness (QED) is 0.834. The Morgan fingerprint density at radius 3 is 2.58 bits per heavy atom. The van der Waals surface area contributed by atoms with Crippen molar-refractivity contribution in [3.63, 3.8) is 0 Å². The summed E-state index contributed by atoms with van der Waals surface area (Å²) >= 11 is 5.89. The minimum absolute atomic E-state index is 0.107. The highest BCUT2D eigenvalue weighted by Gasteiger charge is 2.12. The van der Waals surface area contributed by atoms with E-state index in [4.69, 9.17) is 16.3 Å². The molecule has 19 heavy (non-hydrogen) atoms. The van der Waals surface area contributed by atoms with E-state index in [1.807, 2.05) is 18.7 Å². The van der Waals surface area contributed by atoms with Gasteiger partial charge in [-0.1, -0.05) is 0 Å². The zero-order chi connectivity index (χ0) is 13.8. The molecule has 0 N–H and O–H groups in total. The van der Waals surface area contributed by atoms with Gasteiger partial charge in [0, 0.05) is 20.1 Å². The second kappa shape index (κ2) is 5.83. The van der Waals surface area contributed by atoms with E-state index in [1.165, 1.54) is 0 Å². The fourth-order valence-corrected chi connectivity index (χ4v) is 1.72. The van der Waals surface area contributed by atoms with E-state index in [1.54, 1.807) is 24.1 Å². The molecule has 2 rings (SSSR count). The molecule has 2 aromatic heterocycles. The third-order valence-corrected chi connectivity index (χ3v) is 2.68. The van der Waals surface area contributed by atoms with Crippen molar-refractivity contribution >= 4 is 17.5 Å². The molecule has 0 saturated carbocycles. The van der Waals surface area contributed by atoms with Crippen molar-refractivity contribution in [3.05, 3.63) is 17.7 Å². The molecule has 0 spiro atoms. The van der Waals surface area contributed by atoms with Gasteiger partial charge in [0.05, 0.1) is 12.4 Å². The molecule has 0 aromatic carbocycles. The van der Waals surface area contributed by atoms with Gasteiger partial charge in [0.2, 0.25) is 11.2 Å². The van der Waals surface area contributed by atoms with Gasteiger partial charge in [0.25, 0.3) is 0 Å². The van der Waals surface area contributed by atoms with Gasteiger partial charge in [-0.2, -0.15) is 20.1 Å². The molecule has 2 aromatic rings. The van der Waals surface area contributed by atoms with E-state index in [0.717, 1.165) is 13.1 Å². The van der Waals surface area contributed by atoms with Crippen LogP contribution in [-0.4, -0.2) is 37.8 Å². The Kier molecular flexibility index (Phi) is 4.16. The van der Waals surface area contributed by atoms with Crippen LogP contribution in [0.4, 0.5) is 5.95 Å². The van der Waals surface area contributed by atoms with Crippen LogP contribution in [-0.2, 0) is 7.05 Å². The number of rotatable bonds is 5. The van der Waals surface area contributed by atoms with Gasteiger partial charge in [-0.15, -0.1) is 0 Å². The van der Waals surface area contributed by atoms with Crippen LogP contribution in [0.3, 0.4) is 0 Å². The van der Waals surface area contributed by atoms with Gasteiger partial charge in [0.15, 0.2) is 5.75 Å². The third kappa shape index (κ3) is 3.31. The summed E-state index contributed by atoms with van der Waals surface area (Å²) in [6, 6.07) is 0.162. The summed E-state index contributed by atoms with van der Waals surface area (Å²) in [5.74, 6) is 1.05. The largest absolute Gasteiger partial charge is 0.421 e. The van der Waals surface area contributed by atoms with Crippen LogP contribution in [0, 0.1) is 0 Å². The van der Waals surface area contributed by atoms with Crippen molar-refractivity contribution < 1.29 is 4.74 Å². The van der Waals surface area contributed by atoms with Crippen molar-refractivity contribution in [1.29, 1.82) is 0 Å². The molecule has 0 atom stereocenters. The Hall–Kier alpha value is -1.89. The molecule has 0 amide bonds. The minimum atomic E-state index is 0.107. The molecule has 0 aliphatic rings. The molecule has 0 saturated heterocycles. The molecule has 8 heteroatoms. The lowest BCUT2D eigenvalue weighted by atomic mass is 10.5. The van der Waals surface area contributed by atoms with Gasteiger partial charge in [-0.05, 0) is 25.4 Å². The number of aryl methyl sites for hydroxylation is 1. The van der Waals surface area contributed by atoms with Gasteiger partial charge < -0.3 is 9.64 Å². The van der Waals surface area contributed by atoms with Gasteiger partial charge in [-0.3, -0.25) is 4.68 Å². The van der Waals surface area contributed by atoms with E-state index in [9.17, 15) is 0 Å². The molecule has 0 bridgehead atoms. The number of halogens is 1. The monoisotopic (exact) mass is 282 g/mol. The second-order valence-corrected chi connectivity index (χ2v) is 4.15. The van der Waals surface area contributed by atoms with E-state index < -0.39 is 0 Å². The SMILES string of the molecule is CCN(CC)c1nc(Cl)nc(Oc2cnn(C)c2)n1. The summed E-state index contributed by atoms with van der Waals surface area (Å²) in [5.41, 5.74) is 0. The van der Waals surface area contributed by atoms with Crippen LogP contribution < -0.4 is 9.64 Å². The molecule has 0 unspecified atom stereocenters. The number of aromatic nitrogens is 5. The molecule has 102 valence electrons. The molecule has 0 radical (unpaired) electrons. The second-order valence-electron chi connectivity index (χ2n) is 3.81. The number of hydrogen-bond donors (Lipinski definition) is 0. The Labute approximate surface area is 116 Å². The van der Waals surface area contributed by atoms with Gasteiger partial charge in [-0.25, -0.2) is 0 Å². The Morgan fingerprint density at radius 1 is 1.26 bits per heavy atom. The topological polar surface area (TPSA) is 69.0 Å². The van der Waals surface area contributed by atoms with Crippen molar-refractivity contribution in [2.75, 3.05) is 18.0 Å². The maximum Gasteiger partial charge on any atom is 0.328 e. The lowest BCUT2D eigenvalue weighted by Crippen LogP contribution is -2.24. The Morgan fingerprint density at radius 2 is 2.00 bits per heavy atom. The van der Waals surface area contributed by atoms with E-state index >= 15 is 0 Å². The zero-order valence-corrected chi connectivity index (χ0v) is 11.8. The summed E-state index contributed by atoms with van der Waals surface area (Å²) in [4.78, 5) is 14.2. The first kappa shape index (κ1) is 13.5. The normalized spacial score (nSPS) is 10.5. The van der Waals surface area contributed by atoms with Crippen molar-refractivity contribution in [2.45, 2.75) is 13.8 Å². The first-order valence-electron chi connectivity index (χ1n) is 5.95. The van der Waals surface area contributed by atoms with Crippen molar-refractivity contribution in [2.24, 2.45) is 7.05 Å². The van der Waals surface area contributed by atoms with Crippen LogP contribution in [0.25, 0.3) is 0 Å². The van der Waals surface area contributed by atoms with E-state index in [2.05, 4.69) is 20.1 Å². The van der Waals surface area contributed by atoms with Gasteiger partial charge >= 0.3 is 6.01 Å². The van der Waals surface area contributed by atoms with Crippen LogP contribution in [0.1, 0.15) is 13.8 Å². The summed E-state index contributed by atoms with van der Waals surface area (Å²) in [7, 11) is 1.80. The smallest absolute Gasteiger partial charge is 0.328 e. The number of nitrogens with zero attached hydrogens (tertiary/aromatic N) is 6. The van der Waals surface area contributed by atoms with Crippen molar-refractivity contribution in [3.8, 4) is 11.8 Å². The van der Waals surface area contributed by atoms with Gasteiger partial charge in [0.1, 0.15) is 0 Å². The van der Waals surface area contributed by atoms with Crippen LogP contribution in [0.2, 0.25) is 5.28 Å². The predicted octanol–water partition coefficient (Wildman–Crippen LogP) is 1.90. The molecule has 0 aliphatic heterocycles. The van der Waals surface area contributed by atoms with E-state index in [-0.39, 0.29) is 11.3 Å². The Bertz CT molecular complexity index is 554.